The van der Waals surface area contributed by atoms with Gasteiger partial charge in [-0.1, -0.05) is 6.08 Å². The van der Waals surface area contributed by atoms with Crippen molar-refractivity contribution in [2.24, 2.45) is 0 Å². The zero-order valence-corrected chi connectivity index (χ0v) is 23.7. The van der Waals surface area contributed by atoms with Gasteiger partial charge in [-0.15, -0.1) is 0 Å². The number of hydrogen-bond donors (Lipinski definition) is 1. The number of pyridine rings is 1. The first-order valence-electron chi connectivity index (χ1n) is 14.6. The molecule has 4 aromatic heterocycles. The van der Waals surface area contributed by atoms with Gasteiger partial charge in [-0.25, -0.2) is 19.0 Å². The molecule has 12 heteroatoms. The molecule has 12 nitrogen and oxygen atoms in total. The normalized spacial score (nSPS) is 20.4. The van der Waals surface area contributed by atoms with Gasteiger partial charge in [-0.05, 0) is 54.8 Å². The summed E-state index contributed by atoms with van der Waals surface area (Å²) in [7, 11) is 0. The average molecular weight is 578 g/mol. The van der Waals surface area contributed by atoms with Crippen LogP contribution >= 0.6 is 0 Å². The Kier molecular flexibility index (Phi) is 6.30. The minimum absolute atomic E-state index is 0.0640. The van der Waals surface area contributed by atoms with E-state index in [1.807, 2.05) is 65.1 Å². The van der Waals surface area contributed by atoms with E-state index >= 15 is 0 Å². The molecule has 7 heterocycles. The summed E-state index contributed by atoms with van der Waals surface area (Å²) in [6.45, 7) is 5.93. The molecule has 43 heavy (non-hydrogen) atoms. The predicted octanol–water partition coefficient (Wildman–Crippen LogP) is 3.57. The number of nitrogens with zero attached hydrogens (tertiary/aromatic N) is 8. The number of aryl methyl sites for hydroxylation is 1. The van der Waals surface area contributed by atoms with Crippen LogP contribution in [0.2, 0.25) is 0 Å². The van der Waals surface area contributed by atoms with E-state index in [1.54, 1.807) is 16.9 Å². The Balaban J connectivity index is 0.932. The fourth-order valence-electron chi connectivity index (χ4n) is 6.32. The van der Waals surface area contributed by atoms with Crippen LogP contribution < -0.4 is 10.1 Å². The number of carbonyl (C=O) groups excluding carboxylic acids is 1. The van der Waals surface area contributed by atoms with Gasteiger partial charge in [0.05, 0.1) is 12.7 Å². The van der Waals surface area contributed by atoms with Crippen LogP contribution in [0, 0.1) is 6.92 Å². The van der Waals surface area contributed by atoms with Crippen molar-refractivity contribution in [2.45, 2.75) is 31.4 Å². The number of anilines is 2. The first-order chi connectivity index (χ1) is 21.1. The molecule has 0 unspecified atom stereocenters. The number of amides is 1. The molecule has 3 aliphatic heterocycles. The lowest BCUT2D eigenvalue weighted by Crippen LogP contribution is -2.47. The molecule has 3 fully saturated rings. The number of morpholine rings is 1. The van der Waals surface area contributed by atoms with Crippen LogP contribution in [0.25, 0.3) is 11.2 Å². The molecule has 8 rings (SSSR count). The number of hydrogen-bond acceptors (Lipinski definition) is 9. The largest absolute Gasteiger partial charge is 0.457 e. The molecule has 2 bridgehead atoms. The van der Waals surface area contributed by atoms with Crippen LogP contribution in [0.5, 0.6) is 11.5 Å². The van der Waals surface area contributed by atoms with Gasteiger partial charge in [0.25, 0.3) is 0 Å². The second kappa shape index (κ2) is 10.5. The molecule has 1 N–H and O–H groups in total. The first kappa shape index (κ1) is 25.9. The molecular weight excluding hydrogens is 546 g/mol. The van der Waals surface area contributed by atoms with Gasteiger partial charge in [0, 0.05) is 68.4 Å². The van der Waals surface area contributed by atoms with Crippen molar-refractivity contribution in [2.75, 3.05) is 38.1 Å². The zero-order chi connectivity index (χ0) is 28.9. The summed E-state index contributed by atoms with van der Waals surface area (Å²) in [6.07, 6.45) is 12.0. The second-order valence-corrected chi connectivity index (χ2v) is 11.4. The monoisotopic (exact) mass is 577 g/mol. The molecular formula is C31H31N9O3. The number of fused-ring (bicyclic) bond motifs is 4. The van der Waals surface area contributed by atoms with Gasteiger partial charge < -0.3 is 19.7 Å². The van der Waals surface area contributed by atoms with Crippen LogP contribution in [0.4, 0.5) is 11.5 Å². The fourth-order valence-corrected chi connectivity index (χ4v) is 6.32. The van der Waals surface area contributed by atoms with Crippen LogP contribution in [0.1, 0.15) is 23.5 Å². The highest BCUT2D eigenvalue weighted by Crippen LogP contribution is 2.35. The van der Waals surface area contributed by atoms with E-state index in [0.29, 0.717) is 36.8 Å². The minimum atomic E-state index is 0.0640. The van der Waals surface area contributed by atoms with Crippen LogP contribution in [-0.4, -0.2) is 89.8 Å². The number of likely N-dealkylation sites (tertiary alicyclic amines) is 2. The number of nitrogens with one attached hydrogen (secondary N) is 1. The van der Waals surface area contributed by atoms with E-state index in [9.17, 15) is 4.79 Å². The quantitative estimate of drug-likeness (QED) is 0.277. The fraction of sp³-hybridized carbons (Fsp3) is 0.323. The van der Waals surface area contributed by atoms with Gasteiger partial charge in [-0.3, -0.25) is 9.69 Å². The first-order valence-corrected chi connectivity index (χ1v) is 14.6. The summed E-state index contributed by atoms with van der Waals surface area (Å²) >= 11 is 0. The number of aromatic nitrogens is 6. The maximum absolute atomic E-state index is 12.8. The van der Waals surface area contributed by atoms with Gasteiger partial charge >= 0.3 is 0 Å². The van der Waals surface area contributed by atoms with Gasteiger partial charge in [0.15, 0.2) is 11.5 Å². The molecule has 2 atom stereocenters. The molecule has 0 aliphatic carbocycles. The standard InChI is InChI=1S/C31H31N9O3/c1-20-11-22(4-5-27(20)43-24-6-9-39-28(13-24)32-18-34-39)36-31-30-26(7-10-40(30)35-19-33-31)21-14-38(15-21)29(41)3-2-8-37-16-25-12-23(37)17-42-25/h2-7,9-11,13,18-19,21,23,25H,8,12,14-17H2,1H3,(H,33,35,36)/b3-2+/t23-,25-/m1/s1. The third-order valence-corrected chi connectivity index (χ3v) is 8.65. The Morgan fingerprint density at radius 2 is 1.93 bits per heavy atom. The molecule has 0 saturated carbocycles. The Morgan fingerprint density at radius 1 is 1.07 bits per heavy atom. The number of rotatable bonds is 8. The number of benzene rings is 1. The summed E-state index contributed by atoms with van der Waals surface area (Å²) in [5.41, 5.74) is 4.63. The third kappa shape index (κ3) is 4.88. The van der Waals surface area contributed by atoms with Crippen molar-refractivity contribution in [3.05, 3.63) is 84.7 Å². The molecule has 218 valence electrons. The molecule has 1 aromatic carbocycles. The van der Waals surface area contributed by atoms with Gasteiger partial charge in [0.2, 0.25) is 5.91 Å². The maximum atomic E-state index is 12.8. The highest BCUT2D eigenvalue weighted by Gasteiger charge is 2.38. The van der Waals surface area contributed by atoms with Gasteiger partial charge in [-0.2, -0.15) is 10.2 Å². The van der Waals surface area contributed by atoms with Crippen molar-refractivity contribution in [1.82, 2.24) is 39.0 Å². The van der Waals surface area contributed by atoms with E-state index in [-0.39, 0.29) is 11.8 Å². The second-order valence-electron chi connectivity index (χ2n) is 11.4. The Labute approximate surface area is 247 Å². The SMILES string of the molecule is Cc1cc(Nc2ncnn3ccc(C4CN(C(=O)/C=C/CN5C[C@H]6C[C@@H]5CO6)C4)c23)ccc1Oc1ccn2ncnc2c1. The van der Waals surface area contributed by atoms with Crippen molar-refractivity contribution in [3.63, 3.8) is 0 Å². The van der Waals surface area contributed by atoms with E-state index in [1.165, 1.54) is 6.33 Å². The highest BCUT2D eigenvalue weighted by molar-refractivity contribution is 5.88. The summed E-state index contributed by atoms with van der Waals surface area (Å²) in [5, 5.41) is 12.0. The van der Waals surface area contributed by atoms with Crippen molar-refractivity contribution in [3.8, 4) is 11.5 Å². The summed E-state index contributed by atoms with van der Waals surface area (Å²) in [4.78, 5) is 25.9. The smallest absolute Gasteiger partial charge is 0.246 e. The lowest BCUT2D eigenvalue weighted by atomic mass is 9.92. The lowest BCUT2D eigenvalue weighted by molar-refractivity contribution is -0.130. The van der Waals surface area contributed by atoms with Crippen molar-refractivity contribution >= 4 is 28.6 Å². The summed E-state index contributed by atoms with van der Waals surface area (Å²) < 4.78 is 15.3. The summed E-state index contributed by atoms with van der Waals surface area (Å²) in [5.74, 6) is 2.45. The van der Waals surface area contributed by atoms with Gasteiger partial charge in [0.1, 0.15) is 29.7 Å². The van der Waals surface area contributed by atoms with Crippen LogP contribution in [-0.2, 0) is 9.53 Å². The van der Waals surface area contributed by atoms with Crippen molar-refractivity contribution < 1.29 is 14.3 Å². The van der Waals surface area contributed by atoms with Crippen molar-refractivity contribution in [1.29, 1.82) is 0 Å². The number of carbonyl (C=O) groups is 1. The highest BCUT2D eigenvalue weighted by atomic mass is 16.5. The predicted molar refractivity (Wildman–Crippen MR) is 159 cm³/mol. The molecule has 0 radical (unpaired) electrons. The molecule has 3 saturated heterocycles. The Bertz CT molecular complexity index is 1860. The molecule has 5 aromatic rings. The van der Waals surface area contributed by atoms with E-state index < -0.39 is 0 Å². The van der Waals surface area contributed by atoms with E-state index in [4.69, 9.17) is 9.47 Å². The molecule has 3 aliphatic rings. The Hall–Kier alpha value is -4.81. The van der Waals surface area contributed by atoms with Crippen LogP contribution in [0.15, 0.2) is 73.6 Å². The number of ether oxygens (including phenoxy) is 2. The maximum Gasteiger partial charge on any atom is 0.246 e. The topological polar surface area (TPSA) is 114 Å². The van der Waals surface area contributed by atoms with E-state index in [2.05, 4.69) is 36.4 Å². The summed E-state index contributed by atoms with van der Waals surface area (Å²) in [6, 6.07) is 12.2. The minimum Gasteiger partial charge on any atom is -0.457 e. The zero-order valence-electron chi connectivity index (χ0n) is 23.7. The van der Waals surface area contributed by atoms with Crippen LogP contribution in [0.3, 0.4) is 0 Å². The third-order valence-electron chi connectivity index (χ3n) is 8.65. The van der Waals surface area contributed by atoms with E-state index in [0.717, 1.165) is 59.8 Å². The Morgan fingerprint density at radius 3 is 2.77 bits per heavy atom. The molecule has 1 amide bonds. The molecule has 0 spiro atoms. The average Bonchev–Trinajstić information content (AvgIpc) is 3.79. The lowest BCUT2D eigenvalue weighted by Gasteiger charge is -2.38.